The third-order valence-corrected chi connectivity index (χ3v) is 4.05. The number of unbranched alkanes of at least 4 members (excludes halogenated alkanes) is 1. The van der Waals surface area contributed by atoms with Crippen molar-refractivity contribution in [3.63, 3.8) is 0 Å². The van der Waals surface area contributed by atoms with E-state index in [0.717, 1.165) is 38.3 Å². The second kappa shape index (κ2) is 8.89. The highest BCUT2D eigenvalue weighted by atomic mass is 16.5. The zero-order valence-corrected chi connectivity index (χ0v) is 14.2. The van der Waals surface area contributed by atoms with Gasteiger partial charge >= 0.3 is 0 Å². The van der Waals surface area contributed by atoms with Gasteiger partial charge in [-0.1, -0.05) is 13.3 Å². The van der Waals surface area contributed by atoms with E-state index in [4.69, 9.17) is 4.74 Å². The smallest absolute Gasteiger partial charge is 0.253 e. The zero-order chi connectivity index (χ0) is 16.7. The second-order valence-electron chi connectivity index (χ2n) is 6.17. The number of β-amino-alcohol motifs (C(OH)–C–C–N with tert-alkyl or cyclic N) is 1. The molecule has 0 aliphatic carbocycles. The molecule has 1 atom stereocenters. The van der Waals surface area contributed by atoms with Crippen LogP contribution in [0.2, 0.25) is 0 Å². The molecule has 1 aliphatic rings. The van der Waals surface area contributed by atoms with E-state index in [9.17, 15) is 9.90 Å². The van der Waals surface area contributed by atoms with Crippen LogP contribution in [-0.4, -0.2) is 66.2 Å². The molecule has 1 aliphatic heterocycles. The quantitative estimate of drug-likeness (QED) is 0.781. The number of aliphatic hydroxyl groups excluding tert-OH is 1. The Morgan fingerprint density at radius 1 is 1.22 bits per heavy atom. The van der Waals surface area contributed by atoms with Crippen LogP contribution in [0.3, 0.4) is 0 Å². The van der Waals surface area contributed by atoms with E-state index in [1.54, 1.807) is 6.92 Å². The number of piperazine rings is 1. The summed E-state index contributed by atoms with van der Waals surface area (Å²) < 4.78 is 5.62. The second-order valence-corrected chi connectivity index (χ2v) is 6.17. The lowest BCUT2D eigenvalue weighted by molar-refractivity contribution is 0.0554. The molecule has 1 saturated heterocycles. The first kappa shape index (κ1) is 17.8. The van der Waals surface area contributed by atoms with Crippen molar-refractivity contribution in [3.8, 4) is 5.75 Å². The van der Waals surface area contributed by atoms with Crippen LogP contribution in [0.15, 0.2) is 24.3 Å². The number of benzene rings is 1. The van der Waals surface area contributed by atoms with Crippen LogP contribution in [0.25, 0.3) is 0 Å². The molecule has 5 nitrogen and oxygen atoms in total. The topological polar surface area (TPSA) is 53.0 Å². The minimum atomic E-state index is -0.322. The molecule has 1 fully saturated rings. The summed E-state index contributed by atoms with van der Waals surface area (Å²) >= 11 is 0. The lowest BCUT2D eigenvalue weighted by Gasteiger charge is -2.35. The van der Waals surface area contributed by atoms with Gasteiger partial charge in [0.1, 0.15) is 5.75 Å². The van der Waals surface area contributed by atoms with Crippen molar-refractivity contribution in [2.45, 2.75) is 32.8 Å². The van der Waals surface area contributed by atoms with Gasteiger partial charge in [-0.25, -0.2) is 0 Å². The summed E-state index contributed by atoms with van der Waals surface area (Å²) in [4.78, 5) is 16.6. The van der Waals surface area contributed by atoms with Crippen molar-refractivity contribution < 1.29 is 14.6 Å². The van der Waals surface area contributed by atoms with E-state index in [1.165, 1.54) is 0 Å². The third kappa shape index (κ3) is 5.52. The fourth-order valence-corrected chi connectivity index (χ4v) is 2.72. The first-order valence-electron chi connectivity index (χ1n) is 8.52. The van der Waals surface area contributed by atoms with Crippen LogP contribution in [0.5, 0.6) is 5.75 Å². The lowest BCUT2D eigenvalue weighted by atomic mass is 10.1. The standard InChI is InChI=1S/C18H28N2O3/c1-3-4-13-23-17-7-5-16(6-8-17)18(22)20-11-9-19(10-12-20)14-15(2)21/h5-8,15,21H,3-4,9-14H2,1-2H3/t15-/m1/s1. The van der Waals surface area contributed by atoms with Gasteiger partial charge < -0.3 is 14.7 Å². The Morgan fingerprint density at radius 3 is 2.43 bits per heavy atom. The van der Waals surface area contributed by atoms with E-state index in [1.807, 2.05) is 29.2 Å². The largest absolute Gasteiger partial charge is 0.494 e. The van der Waals surface area contributed by atoms with Crippen molar-refractivity contribution in [1.82, 2.24) is 9.80 Å². The monoisotopic (exact) mass is 320 g/mol. The molecule has 0 saturated carbocycles. The SMILES string of the molecule is CCCCOc1ccc(C(=O)N2CCN(C[C@@H](C)O)CC2)cc1. The van der Waals surface area contributed by atoms with E-state index in [0.29, 0.717) is 25.2 Å². The highest BCUT2D eigenvalue weighted by Gasteiger charge is 2.22. The number of carbonyl (C=O) groups excluding carboxylic acids is 1. The number of nitrogens with zero attached hydrogens (tertiary/aromatic N) is 2. The summed E-state index contributed by atoms with van der Waals surface area (Å²) in [5.41, 5.74) is 0.705. The van der Waals surface area contributed by atoms with Crippen LogP contribution in [0, 0.1) is 0 Å². The van der Waals surface area contributed by atoms with Gasteiger partial charge in [-0.3, -0.25) is 9.69 Å². The van der Waals surface area contributed by atoms with Crippen LogP contribution in [0.1, 0.15) is 37.0 Å². The number of rotatable bonds is 7. The molecule has 1 aromatic carbocycles. The molecule has 1 aromatic rings. The Bertz CT molecular complexity index is 480. The zero-order valence-electron chi connectivity index (χ0n) is 14.2. The predicted octanol–water partition coefficient (Wildman–Crippen LogP) is 2.00. The number of carbonyl (C=O) groups is 1. The van der Waals surface area contributed by atoms with Gasteiger partial charge in [-0.15, -0.1) is 0 Å². The molecule has 0 aromatic heterocycles. The average molecular weight is 320 g/mol. The molecular formula is C18H28N2O3. The maximum absolute atomic E-state index is 12.5. The van der Waals surface area contributed by atoms with E-state index in [-0.39, 0.29) is 12.0 Å². The van der Waals surface area contributed by atoms with Crippen LogP contribution in [-0.2, 0) is 0 Å². The van der Waals surface area contributed by atoms with E-state index in [2.05, 4.69) is 11.8 Å². The van der Waals surface area contributed by atoms with Crippen LogP contribution >= 0.6 is 0 Å². The Balaban J connectivity index is 1.84. The van der Waals surface area contributed by atoms with Gasteiger partial charge in [0.25, 0.3) is 5.91 Å². The molecule has 23 heavy (non-hydrogen) atoms. The molecule has 0 radical (unpaired) electrons. The summed E-state index contributed by atoms with van der Waals surface area (Å²) in [5, 5.41) is 9.43. The van der Waals surface area contributed by atoms with Crippen molar-refractivity contribution in [3.05, 3.63) is 29.8 Å². The summed E-state index contributed by atoms with van der Waals surface area (Å²) in [5.74, 6) is 0.888. The third-order valence-electron chi connectivity index (χ3n) is 4.05. The number of hydrogen-bond acceptors (Lipinski definition) is 4. The molecule has 0 spiro atoms. The highest BCUT2D eigenvalue weighted by Crippen LogP contribution is 2.15. The summed E-state index contributed by atoms with van der Waals surface area (Å²) in [6.45, 7) is 8.36. The first-order chi connectivity index (χ1) is 11.1. The van der Waals surface area contributed by atoms with Crippen molar-refractivity contribution in [2.24, 2.45) is 0 Å². The Hall–Kier alpha value is -1.59. The fraction of sp³-hybridized carbons (Fsp3) is 0.611. The van der Waals surface area contributed by atoms with Crippen molar-refractivity contribution >= 4 is 5.91 Å². The van der Waals surface area contributed by atoms with Crippen molar-refractivity contribution in [2.75, 3.05) is 39.3 Å². The summed E-state index contributed by atoms with van der Waals surface area (Å²) in [7, 11) is 0. The first-order valence-corrected chi connectivity index (χ1v) is 8.52. The normalized spacial score (nSPS) is 17.1. The maximum atomic E-state index is 12.5. The van der Waals surface area contributed by atoms with Crippen LogP contribution < -0.4 is 4.74 Å². The van der Waals surface area contributed by atoms with Gasteiger partial charge in [0, 0.05) is 38.3 Å². The minimum Gasteiger partial charge on any atom is -0.494 e. The Kier molecular flexibility index (Phi) is 6.86. The van der Waals surface area contributed by atoms with Gasteiger partial charge in [0.15, 0.2) is 0 Å². The molecule has 1 heterocycles. The highest BCUT2D eigenvalue weighted by molar-refractivity contribution is 5.94. The van der Waals surface area contributed by atoms with E-state index < -0.39 is 0 Å². The Labute approximate surface area is 138 Å². The molecular weight excluding hydrogens is 292 g/mol. The Morgan fingerprint density at radius 2 is 1.87 bits per heavy atom. The molecule has 1 amide bonds. The fourth-order valence-electron chi connectivity index (χ4n) is 2.72. The summed E-state index contributed by atoms with van der Waals surface area (Å²) in [6.07, 6.45) is 1.83. The number of ether oxygens (including phenoxy) is 1. The average Bonchev–Trinajstić information content (AvgIpc) is 2.55. The minimum absolute atomic E-state index is 0.0711. The van der Waals surface area contributed by atoms with Gasteiger partial charge in [0.2, 0.25) is 0 Å². The van der Waals surface area contributed by atoms with Crippen LogP contribution in [0.4, 0.5) is 0 Å². The predicted molar refractivity (Wildman–Crippen MR) is 90.9 cm³/mol. The van der Waals surface area contributed by atoms with Gasteiger partial charge in [0.05, 0.1) is 12.7 Å². The van der Waals surface area contributed by atoms with Crippen molar-refractivity contribution in [1.29, 1.82) is 0 Å². The maximum Gasteiger partial charge on any atom is 0.253 e. The summed E-state index contributed by atoms with van der Waals surface area (Å²) in [6, 6.07) is 7.41. The number of amides is 1. The number of hydrogen-bond donors (Lipinski definition) is 1. The number of aliphatic hydroxyl groups is 1. The molecule has 1 N–H and O–H groups in total. The molecule has 0 bridgehead atoms. The van der Waals surface area contributed by atoms with Gasteiger partial charge in [-0.05, 0) is 37.6 Å². The molecule has 128 valence electrons. The lowest BCUT2D eigenvalue weighted by Crippen LogP contribution is -2.50. The molecule has 5 heteroatoms. The molecule has 2 rings (SSSR count). The van der Waals surface area contributed by atoms with E-state index >= 15 is 0 Å². The van der Waals surface area contributed by atoms with Gasteiger partial charge in [-0.2, -0.15) is 0 Å². The molecule has 0 unspecified atom stereocenters.